The Balaban J connectivity index is 0.819. The predicted octanol–water partition coefficient (Wildman–Crippen LogP) is 10.4. The van der Waals surface area contributed by atoms with Crippen molar-refractivity contribution in [1.82, 2.24) is 25.8 Å². The van der Waals surface area contributed by atoms with Gasteiger partial charge in [-0.25, -0.2) is 4.79 Å². The van der Waals surface area contributed by atoms with Gasteiger partial charge < -0.3 is 73.7 Å². The number of nitrogens with zero attached hydrogens (tertiary/aromatic N) is 4. The van der Waals surface area contributed by atoms with Gasteiger partial charge in [-0.3, -0.25) is 38.7 Å². The largest absolute Gasteiger partial charge is 0.493 e. The van der Waals surface area contributed by atoms with Gasteiger partial charge in [0.25, 0.3) is 5.91 Å². The van der Waals surface area contributed by atoms with Crippen molar-refractivity contribution >= 4 is 65.3 Å². The number of aryl methyl sites for hydroxylation is 1. The van der Waals surface area contributed by atoms with Gasteiger partial charge in [0.05, 0.1) is 116 Å². The minimum absolute atomic E-state index is 0.0119. The third kappa shape index (κ3) is 24.2. The number of allylic oxidation sites excluding steroid dienone is 4. The number of carbonyl (C=O) groups is 7. The summed E-state index contributed by atoms with van der Waals surface area (Å²) in [5.74, 6) is 0.160. The van der Waals surface area contributed by atoms with Crippen molar-refractivity contribution in [2.75, 3.05) is 104 Å². The first kappa shape index (κ1) is 76.8. The van der Waals surface area contributed by atoms with E-state index in [1.807, 2.05) is 57.3 Å². The molecule has 1 fully saturated rings. The van der Waals surface area contributed by atoms with Gasteiger partial charge in [0.1, 0.15) is 18.7 Å². The summed E-state index contributed by atoms with van der Waals surface area (Å²) < 4.78 is 52.2. The summed E-state index contributed by atoms with van der Waals surface area (Å²) in [6.07, 6.45) is 25.3. The fraction of sp³-hybridized carbons (Fsp3) is 0.541. The second kappa shape index (κ2) is 41.0. The quantitative estimate of drug-likeness (QED) is 0.0236. The topological polar surface area (TPSA) is 273 Å². The highest BCUT2D eigenvalue weighted by atomic mass is 16.6. The first-order chi connectivity index (χ1) is 47.5. The smallest absolute Gasteiger partial charge is 0.414 e. The molecule has 3 aliphatic heterocycles. The zero-order valence-electron chi connectivity index (χ0n) is 58.4. The number of amides is 7. The van der Waals surface area contributed by atoms with Crippen molar-refractivity contribution in [1.29, 1.82) is 0 Å². The van der Waals surface area contributed by atoms with Crippen molar-refractivity contribution in [3.63, 3.8) is 0 Å². The van der Waals surface area contributed by atoms with Crippen LogP contribution in [-0.4, -0.2) is 176 Å². The lowest BCUT2D eigenvalue weighted by molar-refractivity contribution is -0.132. The Hall–Kier alpha value is -8.58. The van der Waals surface area contributed by atoms with Gasteiger partial charge in [-0.15, -0.1) is 0 Å². The van der Waals surface area contributed by atoms with E-state index in [1.54, 1.807) is 92.6 Å². The van der Waals surface area contributed by atoms with E-state index < -0.39 is 36.0 Å². The zero-order chi connectivity index (χ0) is 70.2. The monoisotopic (exact) mass is 1360 g/mol. The van der Waals surface area contributed by atoms with Crippen LogP contribution in [0, 0.1) is 18.8 Å². The Kier molecular flexibility index (Phi) is 32.1. The van der Waals surface area contributed by atoms with Crippen LogP contribution in [-0.2, 0) is 54.3 Å². The first-order valence-electron chi connectivity index (χ1n) is 34.5. The summed E-state index contributed by atoms with van der Waals surface area (Å²) in [6, 6.07) is 11.0. The number of hydrogen-bond acceptors (Lipinski definition) is 17. The fourth-order valence-corrected chi connectivity index (χ4v) is 11.9. The molecule has 98 heavy (non-hydrogen) atoms. The zero-order valence-corrected chi connectivity index (χ0v) is 58.4. The van der Waals surface area contributed by atoms with Crippen molar-refractivity contribution in [2.24, 2.45) is 16.8 Å². The lowest BCUT2D eigenvalue weighted by atomic mass is 9.93. The van der Waals surface area contributed by atoms with Gasteiger partial charge in [-0.05, 0) is 112 Å². The SMILES string of the molecule is C/C=C/C1=CN(C=O)C(C=Nc2cc(OCCCOc3cc4c(cc3OC)C(=O)N3C=C(/C=C/C)CC3CN4C(=O)OCc3ccc(NC(=O)C(C)NC(=O)[C@@H](NC(=O)CCOCCOCCOCCOCCNC(=O)CC4CCCCCCCC4)C(C)C)cc3)c(OC)cc2C)C1. The predicted molar refractivity (Wildman–Crippen MR) is 374 cm³/mol. The van der Waals surface area contributed by atoms with E-state index in [1.165, 1.54) is 50.5 Å². The molecule has 3 unspecified atom stereocenters. The molecule has 24 nitrogen and oxygen atoms in total. The second-order valence-electron chi connectivity index (χ2n) is 25.1. The molecule has 3 aromatic rings. The van der Waals surface area contributed by atoms with E-state index in [0.717, 1.165) is 36.0 Å². The Labute approximate surface area is 577 Å². The lowest BCUT2D eigenvalue weighted by Crippen LogP contribution is -2.53. The number of hydrogen-bond donors (Lipinski definition) is 4. The molecule has 1 saturated carbocycles. The van der Waals surface area contributed by atoms with Crippen molar-refractivity contribution in [2.45, 2.75) is 156 Å². The van der Waals surface area contributed by atoms with Crippen LogP contribution in [0.5, 0.6) is 23.0 Å². The molecule has 24 heteroatoms. The van der Waals surface area contributed by atoms with E-state index in [4.69, 9.17) is 47.6 Å². The molecule has 4 N–H and O–H groups in total. The molecule has 0 saturated heterocycles. The number of aliphatic imine (C=N–C) groups is 1. The van der Waals surface area contributed by atoms with Crippen molar-refractivity contribution in [3.8, 4) is 23.0 Å². The summed E-state index contributed by atoms with van der Waals surface area (Å²) in [5.41, 5.74) is 5.01. The second-order valence-corrected chi connectivity index (χ2v) is 25.1. The molecule has 0 bridgehead atoms. The Bertz CT molecular complexity index is 3270. The van der Waals surface area contributed by atoms with E-state index >= 15 is 0 Å². The molecule has 0 radical (unpaired) electrons. The van der Waals surface area contributed by atoms with Crippen LogP contribution in [0.4, 0.5) is 21.9 Å². The van der Waals surface area contributed by atoms with Crippen LogP contribution in [0.15, 0.2) is 101 Å². The maximum absolute atomic E-state index is 14.4. The molecule has 7 amide bonds. The molecule has 4 atom stereocenters. The number of benzene rings is 3. The summed E-state index contributed by atoms with van der Waals surface area (Å²) >= 11 is 0. The minimum atomic E-state index is -0.975. The number of ether oxygens (including phenoxy) is 9. The summed E-state index contributed by atoms with van der Waals surface area (Å²) in [4.78, 5) is 102. The van der Waals surface area contributed by atoms with Crippen molar-refractivity contribution < 1.29 is 76.2 Å². The average Bonchev–Trinajstić information content (AvgIpc) is 1.59. The molecule has 3 heterocycles. The lowest BCUT2D eigenvalue weighted by Gasteiger charge is -2.26. The molecule has 7 rings (SSSR count). The molecule has 4 aliphatic rings. The summed E-state index contributed by atoms with van der Waals surface area (Å²) in [5, 5.41) is 11.3. The van der Waals surface area contributed by atoms with Crippen LogP contribution >= 0.6 is 0 Å². The van der Waals surface area contributed by atoms with Gasteiger partial charge in [0.15, 0.2) is 23.0 Å². The standard InChI is InChI=1S/C74H102N8O16/c1-9-18-56-39-59(80(46-56)50-83)45-76-62-43-66(64(90-7)38-52(62)5)96-28-17-29-97-67-44-63-61(42-65(67)91-8)73(88)81-47-57(19-10-2)40-60(81)48-82(63)74(89)98-49-55-22-24-58(25-23-55)78-71(86)53(6)77-72(87)70(51(3)4)79-68(84)26-30-92-32-34-94-36-37-95-35-33-93-31-27-75-69(85)41-54-20-15-13-11-12-14-16-21-54/h9-10,18-19,22-25,38,42-47,50-51,53-54,59-60,70H,11-17,20-21,26-37,39-41,48-49H2,1-8H3,(H,75,85)(H,77,87)(H,78,86)(H,79,84)/b18-9+,19-10+,76-45?/t53?,59?,60?,70-/m0/s1. The van der Waals surface area contributed by atoms with Gasteiger partial charge in [0, 0.05) is 62.2 Å². The molecule has 1 aliphatic carbocycles. The molecular weight excluding hydrogens is 1260 g/mol. The first-order valence-corrected chi connectivity index (χ1v) is 34.5. The highest BCUT2D eigenvalue weighted by Crippen LogP contribution is 2.41. The van der Waals surface area contributed by atoms with Crippen LogP contribution in [0.2, 0.25) is 0 Å². The number of fused-ring (bicyclic) bond motifs is 2. The van der Waals surface area contributed by atoms with E-state index in [-0.39, 0.29) is 92.7 Å². The average molecular weight is 1360 g/mol. The number of nitrogens with one attached hydrogen (secondary N) is 4. The maximum atomic E-state index is 14.4. The van der Waals surface area contributed by atoms with E-state index in [0.29, 0.717) is 112 Å². The van der Waals surface area contributed by atoms with Gasteiger partial charge >= 0.3 is 6.09 Å². The normalized spacial score (nSPS) is 17.3. The van der Waals surface area contributed by atoms with Crippen molar-refractivity contribution in [3.05, 3.63) is 113 Å². The highest BCUT2D eigenvalue weighted by Gasteiger charge is 2.40. The summed E-state index contributed by atoms with van der Waals surface area (Å²) in [6.45, 7) is 14.4. The molecule has 0 aromatic heterocycles. The summed E-state index contributed by atoms with van der Waals surface area (Å²) in [7, 11) is 3.04. The number of methoxy groups -OCH3 is 2. The number of rotatable bonds is 38. The van der Waals surface area contributed by atoms with Crippen LogP contribution in [0.1, 0.15) is 140 Å². The Morgan fingerprint density at radius 1 is 0.684 bits per heavy atom. The number of carbonyl (C=O) groups excluding carboxylic acids is 7. The van der Waals surface area contributed by atoms with Crippen LogP contribution < -0.4 is 45.1 Å². The fourth-order valence-electron chi connectivity index (χ4n) is 11.9. The molecule has 0 spiro atoms. The highest BCUT2D eigenvalue weighted by molar-refractivity contribution is 6.06. The molecule has 3 aromatic carbocycles. The number of anilines is 2. The third-order valence-corrected chi connectivity index (χ3v) is 17.2. The Morgan fingerprint density at radius 3 is 1.93 bits per heavy atom. The van der Waals surface area contributed by atoms with Crippen LogP contribution in [0.3, 0.4) is 0 Å². The maximum Gasteiger partial charge on any atom is 0.414 e. The van der Waals surface area contributed by atoms with E-state index in [2.05, 4.69) is 21.3 Å². The Morgan fingerprint density at radius 2 is 1.30 bits per heavy atom. The minimum Gasteiger partial charge on any atom is -0.493 e. The third-order valence-electron chi connectivity index (χ3n) is 17.2. The molecule has 534 valence electrons. The molecular formula is C74H102N8O16. The van der Waals surface area contributed by atoms with Gasteiger partial charge in [0.2, 0.25) is 30.0 Å². The van der Waals surface area contributed by atoms with Gasteiger partial charge in [-0.1, -0.05) is 88.8 Å². The van der Waals surface area contributed by atoms with Gasteiger partial charge in [-0.2, -0.15) is 0 Å². The van der Waals surface area contributed by atoms with E-state index in [9.17, 15) is 33.6 Å². The van der Waals surface area contributed by atoms with Crippen LogP contribution in [0.25, 0.3) is 0 Å².